The molecule has 1 heterocycles. The summed E-state index contributed by atoms with van der Waals surface area (Å²) in [6.07, 6.45) is 3.75. The van der Waals surface area contributed by atoms with E-state index in [1.165, 1.54) is 0 Å². The van der Waals surface area contributed by atoms with E-state index in [1.807, 2.05) is 13.8 Å². The van der Waals surface area contributed by atoms with Gasteiger partial charge in [-0.3, -0.25) is 9.59 Å². The Morgan fingerprint density at radius 1 is 1.61 bits per heavy atom. The van der Waals surface area contributed by atoms with Crippen LogP contribution in [0.2, 0.25) is 0 Å². The molecule has 0 aromatic carbocycles. The first kappa shape index (κ1) is 14.6. The van der Waals surface area contributed by atoms with Crippen LogP contribution in [0.25, 0.3) is 0 Å². The monoisotopic (exact) mass is 250 g/mol. The third kappa shape index (κ3) is 3.76. The van der Waals surface area contributed by atoms with Crippen LogP contribution in [-0.2, 0) is 9.59 Å². The second-order valence-corrected chi connectivity index (χ2v) is 4.76. The van der Waals surface area contributed by atoms with E-state index >= 15 is 0 Å². The van der Waals surface area contributed by atoms with Gasteiger partial charge in [0, 0.05) is 19.4 Å². The lowest BCUT2D eigenvalue weighted by Crippen LogP contribution is -2.48. The van der Waals surface area contributed by atoms with Crippen LogP contribution in [0.3, 0.4) is 0 Å². The molecular weight excluding hydrogens is 228 g/mol. The number of primary amides is 1. The molecule has 1 saturated heterocycles. The van der Waals surface area contributed by atoms with E-state index in [-0.39, 0.29) is 5.91 Å². The lowest BCUT2D eigenvalue weighted by molar-refractivity contribution is -0.139. The second kappa shape index (κ2) is 7.05. The summed E-state index contributed by atoms with van der Waals surface area (Å²) in [6, 6.07) is -0.465. The fraction of sp³-hybridized carbons (Fsp3) is 0.714. The Kier molecular flexibility index (Phi) is 5.70. The Morgan fingerprint density at radius 3 is 2.89 bits per heavy atom. The van der Waals surface area contributed by atoms with Gasteiger partial charge in [-0.2, -0.15) is 0 Å². The van der Waals surface area contributed by atoms with Crippen LogP contribution in [0.15, 0.2) is 0 Å². The largest absolute Gasteiger partial charge is 0.368 e. The molecule has 2 amide bonds. The summed E-state index contributed by atoms with van der Waals surface area (Å²) in [5, 5.41) is 0. The van der Waals surface area contributed by atoms with Gasteiger partial charge in [-0.1, -0.05) is 6.92 Å². The topological polar surface area (TPSA) is 63.4 Å². The van der Waals surface area contributed by atoms with Gasteiger partial charge in [0.15, 0.2) is 0 Å². The molecule has 0 aromatic heterocycles. The molecule has 2 atom stereocenters. The van der Waals surface area contributed by atoms with Crippen LogP contribution in [0.5, 0.6) is 0 Å². The Hall–Kier alpha value is -1.50. The minimum atomic E-state index is -0.465. The summed E-state index contributed by atoms with van der Waals surface area (Å²) in [5.74, 6) is 5.94. The number of nitrogens with zero attached hydrogens (tertiary/aromatic N) is 1. The number of amides is 2. The number of hydrogen-bond acceptors (Lipinski definition) is 2. The lowest BCUT2D eigenvalue weighted by atomic mass is 9.99. The second-order valence-electron chi connectivity index (χ2n) is 4.76. The summed E-state index contributed by atoms with van der Waals surface area (Å²) in [6.45, 7) is 4.31. The quantitative estimate of drug-likeness (QED) is 0.764. The van der Waals surface area contributed by atoms with Crippen LogP contribution >= 0.6 is 0 Å². The first-order valence-electron chi connectivity index (χ1n) is 6.58. The van der Waals surface area contributed by atoms with Crippen molar-refractivity contribution in [2.75, 3.05) is 6.54 Å². The van der Waals surface area contributed by atoms with Crippen LogP contribution in [0.1, 0.15) is 46.0 Å². The predicted octanol–water partition coefficient (Wildman–Crippen LogP) is 1.29. The molecule has 2 unspecified atom stereocenters. The van der Waals surface area contributed by atoms with Gasteiger partial charge in [0.05, 0.1) is 0 Å². The van der Waals surface area contributed by atoms with Gasteiger partial charge in [0.25, 0.3) is 0 Å². The van der Waals surface area contributed by atoms with Gasteiger partial charge in [-0.15, -0.1) is 11.8 Å². The van der Waals surface area contributed by atoms with Crippen molar-refractivity contribution in [3.8, 4) is 11.8 Å². The third-order valence-corrected chi connectivity index (χ3v) is 3.44. The Morgan fingerprint density at radius 2 is 2.33 bits per heavy atom. The van der Waals surface area contributed by atoms with Gasteiger partial charge >= 0.3 is 0 Å². The smallest absolute Gasteiger partial charge is 0.240 e. The van der Waals surface area contributed by atoms with Crippen molar-refractivity contribution in [2.24, 2.45) is 11.7 Å². The maximum absolute atomic E-state index is 12.0. The van der Waals surface area contributed by atoms with E-state index in [0.717, 1.165) is 19.3 Å². The average Bonchev–Trinajstić information content (AvgIpc) is 2.50. The fourth-order valence-corrected chi connectivity index (χ4v) is 2.45. The molecule has 4 nitrogen and oxygen atoms in total. The Labute approximate surface area is 109 Å². The zero-order chi connectivity index (χ0) is 13.5. The highest BCUT2D eigenvalue weighted by Crippen LogP contribution is 2.22. The highest BCUT2D eigenvalue weighted by atomic mass is 16.2. The molecule has 1 aliphatic heterocycles. The molecule has 1 aliphatic rings. The molecule has 1 fully saturated rings. The predicted molar refractivity (Wildman–Crippen MR) is 70.4 cm³/mol. The minimum absolute atomic E-state index is 0.0487. The van der Waals surface area contributed by atoms with Crippen molar-refractivity contribution in [3.05, 3.63) is 0 Å². The molecule has 100 valence electrons. The molecule has 0 bridgehead atoms. The first-order valence-corrected chi connectivity index (χ1v) is 6.58. The van der Waals surface area contributed by atoms with Crippen LogP contribution in [0, 0.1) is 17.8 Å². The molecule has 0 aromatic rings. The summed E-state index contributed by atoms with van der Waals surface area (Å²) >= 11 is 0. The molecule has 18 heavy (non-hydrogen) atoms. The number of rotatable bonds is 4. The van der Waals surface area contributed by atoms with E-state index in [2.05, 4.69) is 11.8 Å². The Balaban J connectivity index is 2.79. The molecule has 0 saturated carbocycles. The number of likely N-dealkylation sites (tertiary alicyclic amines) is 1. The average molecular weight is 250 g/mol. The van der Waals surface area contributed by atoms with Crippen molar-refractivity contribution in [1.29, 1.82) is 0 Å². The summed E-state index contributed by atoms with van der Waals surface area (Å²) in [4.78, 5) is 25.1. The zero-order valence-corrected chi connectivity index (χ0v) is 11.2. The van der Waals surface area contributed by atoms with Crippen LogP contribution in [-0.4, -0.2) is 29.3 Å². The number of carbonyl (C=O) groups is 2. The maximum atomic E-state index is 12.0. The van der Waals surface area contributed by atoms with Gasteiger partial charge in [0.1, 0.15) is 6.04 Å². The molecule has 1 rings (SSSR count). The fourth-order valence-electron chi connectivity index (χ4n) is 2.45. The molecule has 0 spiro atoms. The highest BCUT2D eigenvalue weighted by molar-refractivity contribution is 5.86. The standard InChI is InChI=1S/C14H22N2O2/c1-3-5-7-11-8-6-9-13(17)16(10-11)12(4-2)14(15)18/h11-12H,4,6-10H2,1-2H3,(H2,15,18). The van der Waals surface area contributed by atoms with Crippen molar-refractivity contribution >= 4 is 11.8 Å². The third-order valence-electron chi connectivity index (χ3n) is 3.44. The van der Waals surface area contributed by atoms with E-state index in [4.69, 9.17) is 5.73 Å². The first-order chi connectivity index (χ1) is 8.60. The van der Waals surface area contributed by atoms with E-state index in [9.17, 15) is 9.59 Å². The van der Waals surface area contributed by atoms with Gasteiger partial charge in [-0.25, -0.2) is 0 Å². The molecule has 0 aliphatic carbocycles. The van der Waals surface area contributed by atoms with Crippen molar-refractivity contribution in [1.82, 2.24) is 4.90 Å². The zero-order valence-electron chi connectivity index (χ0n) is 11.2. The van der Waals surface area contributed by atoms with Gasteiger partial charge < -0.3 is 10.6 Å². The number of nitrogens with two attached hydrogens (primary N) is 1. The van der Waals surface area contributed by atoms with Crippen molar-refractivity contribution in [3.63, 3.8) is 0 Å². The van der Waals surface area contributed by atoms with E-state index < -0.39 is 11.9 Å². The van der Waals surface area contributed by atoms with E-state index in [0.29, 0.717) is 25.3 Å². The van der Waals surface area contributed by atoms with Crippen LogP contribution in [0.4, 0.5) is 0 Å². The minimum Gasteiger partial charge on any atom is -0.368 e. The molecule has 0 radical (unpaired) electrons. The van der Waals surface area contributed by atoms with Crippen molar-refractivity contribution < 1.29 is 9.59 Å². The SMILES string of the molecule is CC#CCC1CCCC(=O)N(C(CC)C(N)=O)C1. The summed E-state index contributed by atoms with van der Waals surface area (Å²) in [5.41, 5.74) is 5.38. The molecular formula is C14H22N2O2. The normalized spacial score (nSPS) is 21.8. The van der Waals surface area contributed by atoms with Gasteiger partial charge in [0.2, 0.25) is 11.8 Å². The summed E-state index contributed by atoms with van der Waals surface area (Å²) < 4.78 is 0. The van der Waals surface area contributed by atoms with Gasteiger partial charge in [-0.05, 0) is 32.1 Å². The lowest BCUT2D eigenvalue weighted by Gasteiger charge is -2.29. The molecule has 4 heteroatoms. The molecule has 2 N–H and O–H groups in total. The Bertz CT molecular complexity index is 368. The summed E-state index contributed by atoms with van der Waals surface area (Å²) in [7, 11) is 0. The number of hydrogen-bond donors (Lipinski definition) is 1. The number of carbonyl (C=O) groups excluding carboxylic acids is 2. The van der Waals surface area contributed by atoms with E-state index in [1.54, 1.807) is 4.90 Å². The van der Waals surface area contributed by atoms with Crippen LogP contribution < -0.4 is 5.73 Å². The maximum Gasteiger partial charge on any atom is 0.240 e. The highest BCUT2D eigenvalue weighted by Gasteiger charge is 2.30. The van der Waals surface area contributed by atoms with Crippen molar-refractivity contribution in [2.45, 2.75) is 52.0 Å².